The second-order valence-electron chi connectivity index (χ2n) is 3.06. The van der Waals surface area contributed by atoms with Crippen LogP contribution in [0, 0.1) is 0 Å². The van der Waals surface area contributed by atoms with Gasteiger partial charge in [-0.2, -0.15) is 0 Å². The summed E-state index contributed by atoms with van der Waals surface area (Å²) in [6.07, 6.45) is 2.34. The molecule has 1 aliphatic heterocycles. The maximum Gasteiger partial charge on any atom is 0.382 e. The van der Waals surface area contributed by atoms with Crippen molar-refractivity contribution in [3.63, 3.8) is 0 Å². The highest BCUT2D eigenvalue weighted by molar-refractivity contribution is 5.96. The summed E-state index contributed by atoms with van der Waals surface area (Å²) in [5, 5.41) is 0. The molecule has 18 heavy (non-hydrogen) atoms. The zero-order valence-corrected chi connectivity index (χ0v) is 9.21. The molecule has 0 N–H and O–H groups in total. The molecule has 0 aromatic heterocycles. The van der Waals surface area contributed by atoms with E-state index >= 15 is 0 Å². The van der Waals surface area contributed by atoms with Gasteiger partial charge in [-0.05, 0) is 6.92 Å². The molecule has 0 saturated heterocycles. The number of hydrogen-bond acceptors (Lipinski definition) is 8. The van der Waals surface area contributed by atoms with Crippen LogP contribution in [-0.4, -0.2) is 23.9 Å². The third-order valence-electron chi connectivity index (χ3n) is 1.61. The fraction of sp³-hybridized carbons (Fsp3) is 0.200. The second-order valence-corrected chi connectivity index (χ2v) is 3.06. The van der Waals surface area contributed by atoms with E-state index in [2.05, 4.69) is 19.6 Å². The Kier molecular flexibility index (Phi) is 4.61. The SMILES string of the molecule is C/C1=C/C(=O)OOC(=O)C/C=C/C(=O)OOC1=O. The number of rotatable bonds is 0. The molecule has 0 aliphatic carbocycles. The minimum Gasteiger partial charge on any atom is -0.247 e. The van der Waals surface area contributed by atoms with E-state index in [1.54, 1.807) is 0 Å². The van der Waals surface area contributed by atoms with Crippen molar-refractivity contribution in [2.45, 2.75) is 13.3 Å². The molecule has 0 amide bonds. The van der Waals surface area contributed by atoms with Crippen LogP contribution in [0.2, 0.25) is 0 Å². The summed E-state index contributed by atoms with van der Waals surface area (Å²) in [6.45, 7) is 1.22. The molecule has 0 saturated carbocycles. The summed E-state index contributed by atoms with van der Waals surface area (Å²) in [6, 6.07) is 0. The van der Waals surface area contributed by atoms with E-state index in [-0.39, 0.29) is 12.0 Å². The van der Waals surface area contributed by atoms with E-state index in [9.17, 15) is 19.2 Å². The highest BCUT2D eigenvalue weighted by Gasteiger charge is 2.15. The van der Waals surface area contributed by atoms with Crippen molar-refractivity contribution in [1.82, 2.24) is 0 Å². The molecule has 0 aromatic rings. The Labute approximate surface area is 101 Å². The van der Waals surface area contributed by atoms with E-state index < -0.39 is 23.9 Å². The normalized spacial score (nSPS) is 22.8. The first-order valence-corrected chi connectivity index (χ1v) is 4.68. The number of carbonyl (C=O) groups excluding carboxylic acids is 4. The predicted octanol–water partition coefficient (Wildman–Crippen LogP) is -0.105. The zero-order chi connectivity index (χ0) is 13.5. The topological polar surface area (TPSA) is 105 Å². The predicted molar refractivity (Wildman–Crippen MR) is 51.9 cm³/mol. The van der Waals surface area contributed by atoms with Crippen LogP contribution in [0.1, 0.15) is 13.3 Å². The van der Waals surface area contributed by atoms with Crippen molar-refractivity contribution in [2.75, 3.05) is 0 Å². The van der Waals surface area contributed by atoms with Crippen molar-refractivity contribution in [3.05, 3.63) is 23.8 Å². The van der Waals surface area contributed by atoms with Crippen LogP contribution >= 0.6 is 0 Å². The van der Waals surface area contributed by atoms with Gasteiger partial charge in [-0.1, -0.05) is 6.08 Å². The number of hydrogen-bond donors (Lipinski definition) is 0. The van der Waals surface area contributed by atoms with Crippen molar-refractivity contribution in [2.24, 2.45) is 0 Å². The smallest absolute Gasteiger partial charge is 0.247 e. The highest BCUT2D eigenvalue weighted by Crippen LogP contribution is 2.01. The lowest BCUT2D eigenvalue weighted by Crippen LogP contribution is -2.12. The number of carbonyl (C=O) groups is 4. The third-order valence-corrected chi connectivity index (χ3v) is 1.61. The molecule has 0 aromatic carbocycles. The van der Waals surface area contributed by atoms with E-state index in [0.29, 0.717) is 0 Å². The van der Waals surface area contributed by atoms with E-state index in [1.165, 1.54) is 6.92 Å². The van der Waals surface area contributed by atoms with Crippen LogP contribution in [0.3, 0.4) is 0 Å². The molecule has 0 atom stereocenters. The molecule has 1 rings (SSSR count). The van der Waals surface area contributed by atoms with E-state index in [1.807, 2.05) is 0 Å². The molecular weight excluding hydrogens is 248 g/mol. The molecule has 1 heterocycles. The summed E-state index contributed by atoms with van der Waals surface area (Å²) in [4.78, 5) is 60.5. The molecule has 8 nitrogen and oxygen atoms in total. The van der Waals surface area contributed by atoms with Gasteiger partial charge in [-0.15, -0.1) is 0 Å². The van der Waals surface area contributed by atoms with Gasteiger partial charge in [0.2, 0.25) is 0 Å². The van der Waals surface area contributed by atoms with Gasteiger partial charge in [0.15, 0.2) is 0 Å². The Morgan fingerprint density at radius 1 is 0.944 bits per heavy atom. The van der Waals surface area contributed by atoms with Crippen LogP contribution < -0.4 is 0 Å². The summed E-state index contributed by atoms with van der Waals surface area (Å²) in [5.41, 5.74) is -0.202. The van der Waals surface area contributed by atoms with Crippen LogP contribution in [0.25, 0.3) is 0 Å². The van der Waals surface area contributed by atoms with Crippen molar-refractivity contribution >= 4 is 23.9 Å². The minimum atomic E-state index is -1.08. The molecule has 0 fully saturated rings. The molecule has 0 spiro atoms. The highest BCUT2D eigenvalue weighted by atomic mass is 17.2. The van der Waals surface area contributed by atoms with Gasteiger partial charge >= 0.3 is 23.9 Å². The monoisotopic (exact) mass is 256 g/mol. The quantitative estimate of drug-likeness (QED) is 0.553. The summed E-state index contributed by atoms with van der Waals surface area (Å²) in [7, 11) is 0. The van der Waals surface area contributed by atoms with Gasteiger partial charge in [0.25, 0.3) is 0 Å². The molecule has 0 unspecified atom stereocenters. The Hall–Kier alpha value is -2.64. The van der Waals surface area contributed by atoms with Gasteiger partial charge in [-0.25, -0.2) is 38.7 Å². The molecule has 0 radical (unpaired) electrons. The first-order chi connectivity index (χ1) is 8.49. The van der Waals surface area contributed by atoms with E-state index in [4.69, 9.17) is 0 Å². The Morgan fingerprint density at radius 2 is 1.61 bits per heavy atom. The third kappa shape index (κ3) is 4.47. The van der Waals surface area contributed by atoms with Gasteiger partial charge in [0.1, 0.15) is 0 Å². The standard InChI is InChI=1S/C10H8O8/c1-6-5-9(13)17-15-7(11)3-2-4-8(12)16-18-10(6)14/h2,4-5H,3H2,1H3/b4-2+,6-5-. The van der Waals surface area contributed by atoms with Gasteiger partial charge in [0, 0.05) is 17.7 Å². The van der Waals surface area contributed by atoms with Gasteiger partial charge < -0.3 is 0 Å². The lowest BCUT2D eigenvalue weighted by atomic mass is 10.3. The van der Waals surface area contributed by atoms with Crippen molar-refractivity contribution in [3.8, 4) is 0 Å². The Morgan fingerprint density at radius 3 is 2.33 bits per heavy atom. The summed E-state index contributed by atoms with van der Waals surface area (Å²) in [5.74, 6) is -4.02. The fourth-order valence-electron chi connectivity index (χ4n) is 0.805. The largest absolute Gasteiger partial charge is 0.382 e. The summed E-state index contributed by atoms with van der Waals surface area (Å²) >= 11 is 0. The Bertz CT molecular complexity index is 445. The van der Waals surface area contributed by atoms with Crippen LogP contribution in [0.4, 0.5) is 0 Å². The van der Waals surface area contributed by atoms with Crippen molar-refractivity contribution < 1.29 is 38.7 Å². The van der Waals surface area contributed by atoms with Gasteiger partial charge in [-0.3, -0.25) is 0 Å². The second kappa shape index (κ2) is 6.18. The first-order valence-electron chi connectivity index (χ1n) is 4.68. The average molecular weight is 256 g/mol. The Balaban J connectivity index is 2.82. The lowest BCUT2D eigenvalue weighted by Gasteiger charge is -2.00. The van der Waals surface area contributed by atoms with Crippen LogP contribution in [-0.2, 0) is 38.7 Å². The molecular formula is C10H8O8. The maximum absolute atomic E-state index is 11.2. The van der Waals surface area contributed by atoms with E-state index in [0.717, 1.165) is 18.2 Å². The fourth-order valence-corrected chi connectivity index (χ4v) is 0.805. The minimum absolute atomic E-state index is 0.202. The first kappa shape index (κ1) is 13.4. The van der Waals surface area contributed by atoms with Gasteiger partial charge in [0.05, 0.1) is 6.42 Å². The molecule has 0 bridgehead atoms. The summed E-state index contributed by atoms with van der Waals surface area (Å²) < 4.78 is 0. The molecule has 96 valence electrons. The molecule has 1 aliphatic rings. The van der Waals surface area contributed by atoms with Crippen LogP contribution in [0.15, 0.2) is 23.8 Å². The zero-order valence-electron chi connectivity index (χ0n) is 9.21. The average Bonchev–Trinajstić information content (AvgIpc) is 2.33. The molecule has 8 heteroatoms. The van der Waals surface area contributed by atoms with Crippen LogP contribution in [0.5, 0.6) is 0 Å². The van der Waals surface area contributed by atoms with Crippen molar-refractivity contribution in [1.29, 1.82) is 0 Å². The maximum atomic E-state index is 11.2. The lowest BCUT2D eigenvalue weighted by molar-refractivity contribution is -0.254.